The lowest BCUT2D eigenvalue weighted by atomic mass is 9.98. The fraction of sp³-hybridized carbons (Fsp3) is 0.174. The van der Waals surface area contributed by atoms with Gasteiger partial charge < -0.3 is 25.4 Å². The molecule has 1 atom stereocenters. The number of aromatic nitrogens is 1. The lowest BCUT2D eigenvalue weighted by Crippen LogP contribution is -2.36. The fourth-order valence-electron chi connectivity index (χ4n) is 3.30. The summed E-state index contributed by atoms with van der Waals surface area (Å²) in [6.45, 7) is 1.60. The molecule has 2 aromatic carbocycles. The van der Waals surface area contributed by atoms with Crippen molar-refractivity contribution >= 4 is 17.7 Å². The number of carboxylic acids is 1. The van der Waals surface area contributed by atoms with Crippen LogP contribution in [0.4, 0.5) is 10.5 Å². The SMILES string of the molecule is Cc1cn(C)c(=O)c(NC(=O)NC(CC(=O)O)c2cccc(-c3ccccc3)c2)c1O. The van der Waals surface area contributed by atoms with Crippen molar-refractivity contribution in [1.29, 1.82) is 0 Å². The molecule has 31 heavy (non-hydrogen) atoms. The third-order valence-corrected chi connectivity index (χ3v) is 4.85. The van der Waals surface area contributed by atoms with E-state index in [9.17, 15) is 24.6 Å². The van der Waals surface area contributed by atoms with Crippen LogP contribution >= 0.6 is 0 Å². The van der Waals surface area contributed by atoms with Gasteiger partial charge in [0.25, 0.3) is 5.56 Å². The first-order chi connectivity index (χ1) is 14.8. The van der Waals surface area contributed by atoms with Gasteiger partial charge in [0, 0.05) is 18.8 Å². The molecular weight excluding hydrogens is 398 g/mol. The number of urea groups is 1. The molecule has 0 aliphatic rings. The van der Waals surface area contributed by atoms with Gasteiger partial charge in [-0.05, 0) is 29.7 Å². The Morgan fingerprint density at radius 2 is 1.74 bits per heavy atom. The smallest absolute Gasteiger partial charge is 0.319 e. The van der Waals surface area contributed by atoms with Gasteiger partial charge in [0.15, 0.2) is 5.69 Å². The Morgan fingerprint density at radius 3 is 2.42 bits per heavy atom. The van der Waals surface area contributed by atoms with E-state index in [4.69, 9.17) is 0 Å². The van der Waals surface area contributed by atoms with Crippen molar-refractivity contribution in [3.63, 3.8) is 0 Å². The number of pyridine rings is 1. The summed E-state index contributed by atoms with van der Waals surface area (Å²) in [6, 6.07) is 15.1. The van der Waals surface area contributed by atoms with E-state index >= 15 is 0 Å². The first kappa shape index (κ1) is 21.6. The monoisotopic (exact) mass is 421 g/mol. The van der Waals surface area contributed by atoms with Crippen LogP contribution in [-0.4, -0.2) is 26.8 Å². The number of nitrogens with zero attached hydrogens (tertiary/aromatic N) is 1. The predicted octanol–water partition coefficient (Wildman–Crippen LogP) is 3.40. The van der Waals surface area contributed by atoms with Gasteiger partial charge in [-0.25, -0.2) is 4.79 Å². The molecular formula is C23H23N3O5. The van der Waals surface area contributed by atoms with Crippen molar-refractivity contribution in [3.05, 3.63) is 82.3 Å². The lowest BCUT2D eigenvalue weighted by molar-refractivity contribution is -0.137. The van der Waals surface area contributed by atoms with Crippen molar-refractivity contribution in [2.45, 2.75) is 19.4 Å². The maximum Gasteiger partial charge on any atom is 0.319 e. The average Bonchev–Trinajstić information content (AvgIpc) is 2.75. The van der Waals surface area contributed by atoms with Gasteiger partial charge >= 0.3 is 12.0 Å². The zero-order valence-electron chi connectivity index (χ0n) is 17.1. The van der Waals surface area contributed by atoms with Gasteiger partial charge in [0.2, 0.25) is 0 Å². The summed E-state index contributed by atoms with van der Waals surface area (Å²) in [4.78, 5) is 36.3. The highest BCUT2D eigenvalue weighted by molar-refractivity contribution is 5.91. The normalized spacial score (nSPS) is 11.5. The zero-order chi connectivity index (χ0) is 22.5. The zero-order valence-corrected chi connectivity index (χ0v) is 17.1. The molecule has 1 aromatic heterocycles. The average molecular weight is 421 g/mol. The topological polar surface area (TPSA) is 121 Å². The maximum atomic E-state index is 12.6. The molecule has 1 heterocycles. The number of aryl methyl sites for hydroxylation is 2. The second kappa shape index (κ2) is 9.17. The number of carboxylic acid groups (broad SMARTS) is 1. The van der Waals surface area contributed by atoms with Crippen LogP contribution in [0.5, 0.6) is 5.75 Å². The number of aliphatic carboxylic acids is 1. The van der Waals surface area contributed by atoms with E-state index in [2.05, 4.69) is 10.6 Å². The van der Waals surface area contributed by atoms with E-state index in [-0.39, 0.29) is 17.9 Å². The lowest BCUT2D eigenvalue weighted by Gasteiger charge is -2.19. The van der Waals surface area contributed by atoms with Crippen LogP contribution in [0.25, 0.3) is 11.1 Å². The molecule has 3 rings (SSSR count). The number of carbonyl (C=O) groups is 2. The van der Waals surface area contributed by atoms with Crippen molar-refractivity contribution < 1.29 is 19.8 Å². The van der Waals surface area contributed by atoms with Crippen molar-refractivity contribution in [2.24, 2.45) is 7.05 Å². The third-order valence-electron chi connectivity index (χ3n) is 4.85. The number of carbonyl (C=O) groups excluding carboxylic acids is 1. The minimum Gasteiger partial charge on any atom is -0.505 e. The second-order valence-electron chi connectivity index (χ2n) is 7.19. The van der Waals surface area contributed by atoms with E-state index < -0.39 is 23.6 Å². The first-order valence-electron chi connectivity index (χ1n) is 9.60. The van der Waals surface area contributed by atoms with Crippen LogP contribution < -0.4 is 16.2 Å². The summed E-state index contributed by atoms with van der Waals surface area (Å²) in [6.07, 6.45) is 1.09. The summed E-state index contributed by atoms with van der Waals surface area (Å²) in [5.41, 5.74) is 1.98. The number of amides is 2. The third kappa shape index (κ3) is 5.11. The number of hydrogen-bond acceptors (Lipinski definition) is 4. The summed E-state index contributed by atoms with van der Waals surface area (Å²) in [5.74, 6) is -1.43. The Hall–Kier alpha value is -4.07. The Labute approximate surface area is 178 Å². The number of nitrogens with one attached hydrogen (secondary N) is 2. The number of hydrogen-bond donors (Lipinski definition) is 4. The van der Waals surface area contributed by atoms with Crippen LogP contribution in [-0.2, 0) is 11.8 Å². The van der Waals surface area contributed by atoms with E-state index in [1.165, 1.54) is 17.8 Å². The second-order valence-corrected chi connectivity index (χ2v) is 7.19. The van der Waals surface area contributed by atoms with E-state index in [1.807, 2.05) is 42.5 Å². The van der Waals surface area contributed by atoms with Crippen LogP contribution in [0.2, 0.25) is 0 Å². The van der Waals surface area contributed by atoms with Gasteiger partial charge in [-0.1, -0.05) is 48.5 Å². The van der Waals surface area contributed by atoms with E-state index in [0.29, 0.717) is 11.1 Å². The molecule has 0 bridgehead atoms. The summed E-state index contributed by atoms with van der Waals surface area (Å²) in [7, 11) is 1.50. The minimum absolute atomic E-state index is 0.271. The summed E-state index contributed by atoms with van der Waals surface area (Å²) in [5, 5.41) is 24.4. The van der Waals surface area contributed by atoms with Crippen LogP contribution in [0.3, 0.4) is 0 Å². The highest BCUT2D eigenvalue weighted by atomic mass is 16.4. The van der Waals surface area contributed by atoms with Gasteiger partial charge in [0.05, 0.1) is 12.5 Å². The van der Waals surface area contributed by atoms with Crippen LogP contribution in [0.1, 0.15) is 23.6 Å². The van der Waals surface area contributed by atoms with Crippen molar-refractivity contribution in [3.8, 4) is 16.9 Å². The van der Waals surface area contributed by atoms with Gasteiger partial charge in [-0.3, -0.25) is 9.59 Å². The molecule has 1 unspecified atom stereocenters. The Morgan fingerprint density at radius 1 is 1.06 bits per heavy atom. The number of benzene rings is 2. The fourth-order valence-corrected chi connectivity index (χ4v) is 3.30. The molecule has 0 radical (unpaired) electrons. The quantitative estimate of drug-likeness (QED) is 0.486. The number of aromatic hydroxyl groups is 1. The molecule has 0 spiro atoms. The van der Waals surface area contributed by atoms with E-state index in [0.717, 1.165) is 11.1 Å². The molecule has 160 valence electrons. The maximum absolute atomic E-state index is 12.6. The first-order valence-corrected chi connectivity index (χ1v) is 9.60. The molecule has 0 aliphatic heterocycles. The number of anilines is 1. The Bertz CT molecular complexity index is 1170. The van der Waals surface area contributed by atoms with Crippen molar-refractivity contribution in [1.82, 2.24) is 9.88 Å². The van der Waals surface area contributed by atoms with Crippen LogP contribution in [0, 0.1) is 6.92 Å². The molecule has 2 amide bonds. The Balaban J connectivity index is 1.87. The molecule has 0 fully saturated rings. The Kier molecular flexibility index (Phi) is 6.40. The molecule has 8 nitrogen and oxygen atoms in total. The molecule has 0 saturated carbocycles. The largest absolute Gasteiger partial charge is 0.505 e. The van der Waals surface area contributed by atoms with E-state index in [1.54, 1.807) is 19.1 Å². The molecule has 0 saturated heterocycles. The van der Waals surface area contributed by atoms with Crippen molar-refractivity contribution in [2.75, 3.05) is 5.32 Å². The highest BCUT2D eigenvalue weighted by Crippen LogP contribution is 2.26. The minimum atomic E-state index is -1.09. The molecule has 4 N–H and O–H groups in total. The van der Waals surface area contributed by atoms with Gasteiger partial charge in [0.1, 0.15) is 5.75 Å². The summed E-state index contributed by atoms with van der Waals surface area (Å²) >= 11 is 0. The number of rotatable bonds is 6. The standard InChI is InChI=1S/C23H23N3O5/c1-14-13-26(2)22(30)20(21(14)29)25-23(31)24-18(12-19(27)28)17-10-6-9-16(11-17)15-7-4-3-5-8-15/h3-11,13,18,29H,12H2,1-2H3,(H,27,28)(H2,24,25,31). The van der Waals surface area contributed by atoms with Crippen LogP contribution in [0.15, 0.2) is 65.6 Å². The molecule has 3 aromatic rings. The predicted molar refractivity (Wildman–Crippen MR) is 117 cm³/mol. The van der Waals surface area contributed by atoms with Gasteiger partial charge in [-0.2, -0.15) is 0 Å². The molecule has 8 heteroatoms. The summed E-state index contributed by atoms with van der Waals surface area (Å²) < 4.78 is 1.24. The van der Waals surface area contributed by atoms with Gasteiger partial charge in [-0.15, -0.1) is 0 Å². The molecule has 0 aliphatic carbocycles. The highest BCUT2D eigenvalue weighted by Gasteiger charge is 2.21.